The van der Waals surface area contributed by atoms with Crippen LogP contribution in [-0.2, 0) is 6.42 Å². The van der Waals surface area contributed by atoms with Crippen LogP contribution in [0.4, 0.5) is 0 Å². The Morgan fingerprint density at radius 1 is 1.21 bits per heavy atom. The third-order valence-electron chi connectivity index (χ3n) is 3.21. The van der Waals surface area contributed by atoms with E-state index in [4.69, 9.17) is 11.6 Å². The van der Waals surface area contributed by atoms with Crippen molar-refractivity contribution in [1.82, 2.24) is 19.6 Å². The van der Waals surface area contributed by atoms with Crippen molar-refractivity contribution in [1.29, 1.82) is 0 Å². The molecule has 5 heteroatoms. The van der Waals surface area contributed by atoms with Gasteiger partial charge in [0, 0.05) is 18.8 Å². The molecule has 4 nitrogen and oxygen atoms in total. The first-order chi connectivity index (χ1) is 9.15. The quantitative estimate of drug-likeness (QED) is 0.720. The summed E-state index contributed by atoms with van der Waals surface area (Å²) in [5, 5.41) is 8.67. The Kier molecular flexibility index (Phi) is 2.95. The Bertz CT molecular complexity index is 748. The fraction of sp³-hybridized carbons (Fsp3) is 0.214. The van der Waals surface area contributed by atoms with Gasteiger partial charge >= 0.3 is 0 Å². The molecule has 0 N–H and O–H groups in total. The normalized spacial score (nSPS) is 11.1. The Morgan fingerprint density at radius 2 is 2.05 bits per heavy atom. The lowest BCUT2D eigenvalue weighted by molar-refractivity contribution is 0.924. The van der Waals surface area contributed by atoms with Crippen molar-refractivity contribution >= 4 is 17.2 Å². The number of aryl methyl sites for hydroxylation is 2. The molecule has 0 saturated carbocycles. The minimum absolute atomic E-state index is 0.377. The molecule has 0 aliphatic heterocycles. The molecule has 3 aromatic rings. The van der Waals surface area contributed by atoms with E-state index < -0.39 is 0 Å². The van der Waals surface area contributed by atoms with Crippen molar-refractivity contribution in [2.75, 3.05) is 0 Å². The van der Waals surface area contributed by atoms with E-state index in [1.165, 1.54) is 16.7 Å². The monoisotopic (exact) mass is 272 g/mol. The van der Waals surface area contributed by atoms with Crippen LogP contribution in [0.25, 0.3) is 5.65 Å². The largest absolute Gasteiger partial charge is 0.282 e. The van der Waals surface area contributed by atoms with Crippen LogP contribution in [0.2, 0.25) is 5.15 Å². The lowest BCUT2D eigenvalue weighted by Gasteiger charge is -2.06. The summed E-state index contributed by atoms with van der Waals surface area (Å²) in [6.07, 6.45) is 4.22. The van der Waals surface area contributed by atoms with E-state index in [0.717, 1.165) is 12.2 Å². The number of nitrogens with zero attached hydrogens (tertiary/aromatic N) is 4. The molecule has 1 aromatic carbocycles. The zero-order valence-electron chi connectivity index (χ0n) is 10.8. The molecule has 0 unspecified atom stereocenters. The van der Waals surface area contributed by atoms with Gasteiger partial charge in [0.1, 0.15) is 5.82 Å². The van der Waals surface area contributed by atoms with Gasteiger partial charge in [0.25, 0.3) is 0 Å². The van der Waals surface area contributed by atoms with Gasteiger partial charge in [-0.15, -0.1) is 10.2 Å². The third-order valence-corrected chi connectivity index (χ3v) is 3.47. The molecule has 0 radical (unpaired) electrons. The van der Waals surface area contributed by atoms with Gasteiger partial charge in [0.05, 0.1) is 0 Å². The Balaban J connectivity index is 2.06. The summed E-state index contributed by atoms with van der Waals surface area (Å²) >= 11 is 6.00. The third kappa shape index (κ3) is 2.19. The summed E-state index contributed by atoms with van der Waals surface area (Å²) in [7, 11) is 0. The van der Waals surface area contributed by atoms with Crippen molar-refractivity contribution in [3.05, 3.63) is 58.3 Å². The van der Waals surface area contributed by atoms with Crippen molar-refractivity contribution in [2.45, 2.75) is 20.3 Å². The minimum atomic E-state index is 0.377. The molecule has 0 spiro atoms. The molecule has 19 heavy (non-hydrogen) atoms. The molecule has 0 aliphatic carbocycles. The minimum Gasteiger partial charge on any atom is -0.282 e. The van der Waals surface area contributed by atoms with Gasteiger partial charge < -0.3 is 0 Å². The first-order valence-corrected chi connectivity index (χ1v) is 6.43. The highest BCUT2D eigenvalue weighted by Gasteiger charge is 2.10. The predicted molar refractivity (Wildman–Crippen MR) is 74.5 cm³/mol. The van der Waals surface area contributed by atoms with Crippen LogP contribution in [0.3, 0.4) is 0 Å². The van der Waals surface area contributed by atoms with Crippen LogP contribution < -0.4 is 0 Å². The molecule has 2 aromatic heterocycles. The molecule has 0 fully saturated rings. The van der Waals surface area contributed by atoms with Gasteiger partial charge in [-0.05, 0) is 25.0 Å². The molecule has 2 heterocycles. The van der Waals surface area contributed by atoms with E-state index in [1.807, 2.05) is 10.6 Å². The molecular formula is C14H13ClN4. The number of aromatic nitrogens is 4. The summed E-state index contributed by atoms with van der Waals surface area (Å²) in [6.45, 7) is 4.19. The standard InChI is InChI=1S/C14H13ClN4/c1-9-3-4-10(2)11(7-9)8-12-17-18-14-13(15)16-5-6-19(12)14/h3-7H,8H2,1-2H3. The van der Waals surface area contributed by atoms with Crippen LogP contribution in [0.15, 0.2) is 30.6 Å². The van der Waals surface area contributed by atoms with Crippen LogP contribution >= 0.6 is 11.6 Å². The second-order valence-electron chi connectivity index (χ2n) is 4.63. The van der Waals surface area contributed by atoms with Crippen LogP contribution in [0, 0.1) is 13.8 Å². The first kappa shape index (κ1) is 12.1. The Morgan fingerprint density at radius 3 is 2.89 bits per heavy atom. The summed E-state index contributed by atoms with van der Waals surface area (Å²) in [5.41, 5.74) is 4.35. The Hall–Kier alpha value is -1.94. The van der Waals surface area contributed by atoms with Crippen molar-refractivity contribution < 1.29 is 0 Å². The number of halogens is 1. The van der Waals surface area contributed by atoms with Gasteiger partial charge in [-0.2, -0.15) is 0 Å². The summed E-state index contributed by atoms with van der Waals surface area (Å²) in [5.74, 6) is 0.869. The number of hydrogen-bond donors (Lipinski definition) is 0. The molecular weight excluding hydrogens is 260 g/mol. The summed E-state index contributed by atoms with van der Waals surface area (Å²) < 4.78 is 1.89. The molecule has 3 rings (SSSR count). The van der Waals surface area contributed by atoms with Crippen molar-refractivity contribution in [3.63, 3.8) is 0 Å². The Labute approximate surface area is 116 Å². The number of rotatable bonds is 2. The fourth-order valence-corrected chi connectivity index (χ4v) is 2.31. The van der Waals surface area contributed by atoms with E-state index in [-0.39, 0.29) is 0 Å². The van der Waals surface area contributed by atoms with Gasteiger partial charge in [-0.1, -0.05) is 35.4 Å². The molecule has 0 amide bonds. The molecule has 96 valence electrons. The molecule has 0 bridgehead atoms. The average Bonchev–Trinajstić information content (AvgIpc) is 2.79. The molecule has 0 saturated heterocycles. The van der Waals surface area contributed by atoms with Crippen LogP contribution in [0.1, 0.15) is 22.5 Å². The highest BCUT2D eigenvalue weighted by molar-refractivity contribution is 6.32. The van der Waals surface area contributed by atoms with Crippen molar-refractivity contribution in [3.8, 4) is 0 Å². The van der Waals surface area contributed by atoms with Gasteiger partial charge in [-0.3, -0.25) is 4.40 Å². The van der Waals surface area contributed by atoms with E-state index in [2.05, 4.69) is 47.2 Å². The SMILES string of the molecule is Cc1ccc(C)c(Cc2nnc3c(Cl)nccn23)c1. The zero-order chi connectivity index (χ0) is 13.4. The first-order valence-electron chi connectivity index (χ1n) is 6.05. The number of fused-ring (bicyclic) bond motifs is 1. The summed E-state index contributed by atoms with van der Waals surface area (Å²) in [4.78, 5) is 4.00. The molecule has 0 aliphatic rings. The van der Waals surface area contributed by atoms with Crippen LogP contribution in [0.5, 0.6) is 0 Å². The van der Waals surface area contributed by atoms with E-state index in [1.54, 1.807) is 6.20 Å². The van der Waals surface area contributed by atoms with E-state index in [9.17, 15) is 0 Å². The van der Waals surface area contributed by atoms with Gasteiger partial charge in [0.15, 0.2) is 10.8 Å². The van der Waals surface area contributed by atoms with Gasteiger partial charge in [-0.25, -0.2) is 4.98 Å². The number of benzene rings is 1. The second kappa shape index (κ2) is 4.63. The maximum absolute atomic E-state index is 6.00. The maximum Gasteiger partial charge on any atom is 0.198 e. The van der Waals surface area contributed by atoms with E-state index in [0.29, 0.717) is 10.8 Å². The fourth-order valence-electron chi connectivity index (χ4n) is 2.13. The van der Waals surface area contributed by atoms with Crippen LogP contribution in [-0.4, -0.2) is 19.6 Å². The number of hydrogen-bond acceptors (Lipinski definition) is 3. The zero-order valence-corrected chi connectivity index (χ0v) is 11.5. The second-order valence-corrected chi connectivity index (χ2v) is 4.99. The van der Waals surface area contributed by atoms with Gasteiger partial charge in [0.2, 0.25) is 0 Å². The lowest BCUT2D eigenvalue weighted by Crippen LogP contribution is -1.99. The van der Waals surface area contributed by atoms with Crippen molar-refractivity contribution in [2.24, 2.45) is 0 Å². The van der Waals surface area contributed by atoms with E-state index >= 15 is 0 Å². The topological polar surface area (TPSA) is 43.1 Å². The highest BCUT2D eigenvalue weighted by atomic mass is 35.5. The predicted octanol–water partition coefficient (Wildman–Crippen LogP) is 2.99. The highest BCUT2D eigenvalue weighted by Crippen LogP contribution is 2.17. The molecule has 0 atom stereocenters. The lowest BCUT2D eigenvalue weighted by atomic mass is 10.0. The maximum atomic E-state index is 6.00. The smallest absolute Gasteiger partial charge is 0.198 e. The summed E-state index contributed by atoms with van der Waals surface area (Å²) in [6, 6.07) is 6.42. The average molecular weight is 273 g/mol.